The molecule has 2 N–H and O–H groups in total. The van der Waals surface area contributed by atoms with Crippen molar-refractivity contribution in [3.05, 3.63) is 88.9 Å². The summed E-state index contributed by atoms with van der Waals surface area (Å²) in [6.45, 7) is 0. The number of amides is 1. The van der Waals surface area contributed by atoms with Gasteiger partial charge in [0, 0.05) is 16.1 Å². The number of rotatable bonds is 4. The Hall–Kier alpha value is -2.87. The van der Waals surface area contributed by atoms with E-state index in [9.17, 15) is 4.79 Å². The Labute approximate surface area is 191 Å². The van der Waals surface area contributed by atoms with E-state index in [1.54, 1.807) is 17.4 Å². The molecule has 148 valence electrons. The minimum Gasteiger partial charge on any atom is -0.332 e. The van der Waals surface area contributed by atoms with Crippen LogP contribution in [0.4, 0.5) is 5.69 Å². The van der Waals surface area contributed by atoms with E-state index < -0.39 is 0 Å². The number of fused-ring (bicyclic) bond motifs is 1. The van der Waals surface area contributed by atoms with Gasteiger partial charge in [0.1, 0.15) is 5.01 Å². The number of anilines is 1. The lowest BCUT2D eigenvalue weighted by Gasteiger charge is -2.12. The van der Waals surface area contributed by atoms with E-state index >= 15 is 0 Å². The Morgan fingerprint density at radius 1 is 1.03 bits per heavy atom. The Morgan fingerprint density at radius 2 is 1.80 bits per heavy atom. The van der Waals surface area contributed by atoms with Crippen LogP contribution in [0.25, 0.3) is 26.9 Å². The van der Waals surface area contributed by atoms with Crippen molar-refractivity contribution in [2.45, 2.75) is 0 Å². The van der Waals surface area contributed by atoms with Crippen LogP contribution >= 0.6 is 39.5 Å². The Bertz CT molecular complexity index is 1220. The largest absolute Gasteiger partial charge is 0.332 e. The fourth-order valence-corrected chi connectivity index (χ4v) is 4.40. The summed E-state index contributed by atoms with van der Waals surface area (Å²) < 4.78 is 2.04. The molecule has 0 unspecified atom stereocenters. The highest BCUT2D eigenvalue weighted by Gasteiger charge is 2.13. The lowest BCUT2D eigenvalue weighted by Crippen LogP contribution is -2.32. The first kappa shape index (κ1) is 20.4. The van der Waals surface area contributed by atoms with Crippen LogP contribution in [0, 0.1) is 0 Å². The third-order valence-electron chi connectivity index (χ3n) is 4.22. The van der Waals surface area contributed by atoms with Gasteiger partial charge in [-0.1, -0.05) is 58.4 Å². The molecule has 0 aliphatic carbocycles. The first-order valence-corrected chi connectivity index (χ1v) is 11.1. The van der Waals surface area contributed by atoms with Crippen LogP contribution in [0.1, 0.15) is 5.56 Å². The van der Waals surface area contributed by atoms with E-state index in [1.165, 1.54) is 6.08 Å². The van der Waals surface area contributed by atoms with Gasteiger partial charge in [0.2, 0.25) is 5.91 Å². The number of halogens is 1. The first-order chi connectivity index (χ1) is 14.6. The number of hydrogen-bond donors (Lipinski definition) is 2. The minimum absolute atomic E-state index is 0.224. The van der Waals surface area contributed by atoms with E-state index in [-0.39, 0.29) is 11.0 Å². The summed E-state index contributed by atoms with van der Waals surface area (Å²) in [4.78, 5) is 16.9. The SMILES string of the molecule is O=C(C=Cc1ccccc1)NC(=S)Nc1ccc(Br)cc1-c1nc2ccccc2s1. The van der Waals surface area contributed by atoms with Gasteiger partial charge in [-0.05, 0) is 54.2 Å². The molecule has 1 amide bonds. The number of para-hydroxylation sites is 1. The van der Waals surface area contributed by atoms with Crippen molar-refractivity contribution in [3.8, 4) is 10.6 Å². The smallest absolute Gasteiger partial charge is 0.250 e. The normalized spacial score (nSPS) is 11.0. The van der Waals surface area contributed by atoms with Crippen LogP contribution in [0.15, 0.2) is 83.3 Å². The van der Waals surface area contributed by atoms with E-state index in [0.29, 0.717) is 0 Å². The lowest BCUT2D eigenvalue weighted by atomic mass is 10.2. The second-order valence-electron chi connectivity index (χ2n) is 6.36. The van der Waals surface area contributed by atoms with Crippen molar-refractivity contribution in [3.63, 3.8) is 0 Å². The molecule has 30 heavy (non-hydrogen) atoms. The molecule has 0 fully saturated rings. The van der Waals surface area contributed by atoms with E-state index in [4.69, 9.17) is 17.2 Å². The van der Waals surface area contributed by atoms with Gasteiger partial charge in [-0.25, -0.2) is 4.98 Å². The zero-order valence-electron chi connectivity index (χ0n) is 15.6. The summed E-state index contributed by atoms with van der Waals surface area (Å²) in [5.74, 6) is -0.296. The topological polar surface area (TPSA) is 54.0 Å². The molecule has 0 aliphatic heterocycles. The molecule has 0 aliphatic rings. The predicted molar refractivity (Wildman–Crippen MR) is 133 cm³/mol. The molecular weight excluding hydrogens is 478 g/mol. The first-order valence-electron chi connectivity index (χ1n) is 9.09. The summed E-state index contributed by atoms with van der Waals surface area (Å²) in [5.41, 5.74) is 3.57. The Kier molecular flexibility index (Phi) is 6.32. The van der Waals surface area contributed by atoms with Crippen LogP contribution < -0.4 is 10.6 Å². The van der Waals surface area contributed by atoms with Crippen LogP contribution in [0.3, 0.4) is 0 Å². The molecule has 0 bridgehead atoms. The van der Waals surface area contributed by atoms with Crippen molar-refractivity contribution in [2.75, 3.05) is 5.32 Å². The van der Waals surface area contributed by atoms with Gasteiger partial charge >= 0.3 is 0 Å². The summed E-state index contributed by atoms with van der Waals surface area (Å²) in [7, 11) is 0. The summed E-state index contributed by atoms with van der Waals surface area (Å²) >= 11 is 10.5. The van der Waals surface area contributed by atoms with Crippen LogP contribution in [-0.2, 0) is 4.79 Å². The zero-order valence-corrected chi connectivity index (χ0v) is 18.9. The van der Waals surface area contributed by atoms with Crippen molar-refractivity contribution >= 4 is 72.5 Å². The van der Waals surface area contributed by atoms with Gasteiger partial charge in [0.25, 0.3) is 0 Å². The Balaban J connectivity index is 1.51. The zero-order chi connectivity index (χ0) is 20.9. The fraction of sp³-hybridized carbons (Fsp3) is 0. The molecule has 4 aromatic rings. The van der Waals surface area contributed by atoms with Gasteiger partial charge < -0.3 is 5.32 Å². The van der Waals surface area contributed by atoms with E-state index in [1.807, 2.05) is 72.8 Å². The molecule has 0 atom stereocenters. The third kappa shape index (κ3) is 4.99. The van der Waals surface area contributed by atoms with Crippen molar-refractivity contribution in [2.24, 2.45) is 0 Å². The maximum Gasteiger partial charge on any atom is 0.250 e. The number of hydrogen-bond acceptors (Lipinski definition) is 4. The average Bonchev–Trinajstić information content (AvgIpc) is 3.18. The monoisotopic (exact) mass is 493 g/mol. The summed E-state index contributed by atoms with van der Waals surface area (Å²) in [6.07, 6.45) is 3.20. The highest BCUT2D eigenvalue weighted by molar-refractivity contribution is 9.10. The maximum absolute atomic E-state index is 12.2. The number of carbonyl (C=O) groups is 1. The van der Waals surface area contributed by atoms with Gasteiger partial charge in [-0.15, -0.1) is 11.3 Å². The van der Waals surface area contributed by atoms with Crippen LogP contribution in [-0.4, -0.2) is 16.0 Å². The van der Waals surface area contributed by atoms with Gasteiger partial charge in [-0.2, -0.15) is 0 Å². The third-order valence-corrected chi connectivity index (χ3v) is 5.98. The number of aromatic nitrogens is 1. The standard InChI is InChI=1S/C23H16BrN3OS2/c24-16-11-12-18(17(14-16)22-25-19-8-4-5-9-20(19)30-22)26-23(29)27-21(28)13-10-15-6-2-1-3-7-15/h1-14H,(H2,26,27,28,29). The Morgan fingerprint density at radius 3 is 2.60 bits per heavy atom. The molecular formula is C23H16BrN3OS2. The number of thiocarbonyl (C=S) groups is 1. The number of benzene rings is 3. The number of carbonyl (C=O) groups excluding carboxylic acids is 1. The maximum atomic E-state index is 12.2. The van der Waals surface area contributed by atoms with Crippen LogP contribution in [0.2, 0.25) is 0 Å². The van der Waals surface area contributed by atoms with E-state index in [0.717, 1.165) is 36.5 Å². The number of nitrogens with one attached hydrogen (secondary N) is 2. The second kappa shape index (κ2) is 9.30. The van der Waals surface area contributed by atoms with E-state index in [2.05, 4.69) is 26.6 Å². The molecule has 0 radical (unpaired) electrons. The highest BCUT2D eigenvalue weighted by atomic mass is 79.9. The van der Waals surface area contributed by atoms with Gasteiger partial charge in [0.05, 0.1) is 15.9 Å². The number of nitrogens with zero attached hydrogens (tertiary/aromatic N) is 1. The lowest BCUT2D eigenvalue weighted by molar-refractivity contribution is -0.115. The molecule has 3 aromatic carbocycles. The van der Waals surface area contributed by atoms with Crippen molar-refractivity contribution in [1.82, 2.24) is 10.3 Å². The highest BCUT2D eigenvalue weighted by Crippen LogP contribution is 2.36. The van der Waals surface area contributed by atoms with Crippen LogP contribution in [0.5, 0.6) is 0 Å². The quantitative estimate of drug-likeness (QED) is 0.260. The average molecular weight is 494 g/mol. The van der Waals surface area contributed by atoms with Crippen molar-refractivity contribution < 1.29 is 4.79 Å². The molecule has 0 spiro atoms. The molecule has 4 nitrogen and oxygen atoms in total. The summed E-state index contributed by atoms with van der Waals surface area (Å²) in [6, 6.07) is 23.4. The molecule has 1 aromatic heterocycles. The second-order valence-corrected chi connectivity index (χ2v) is 8.72. The predicted octanol–water partition coefficient (Wildman–Crippen LogP) is 6.25. The van der Waals surface area contributed by atoms with Crippen molar-refractivity contribution in [1.29, 1.82) is 0 Å². The summed E-state index contributed by atoms with van der Waals surface area (Å²) in [5, 5.41) is 6.90. The molecule has 1 heterocycles. The van der Waals surface area contributed by atoms with Gasteiger partial charge in [0.15, 0.2) is 5.11 Å². The number of thiazole rings is 1. The molecule has 0 saturated heterocycles. The molecule has 7 heteroatoms. The molecule has 4 rings (SSSR count). The minimum atomic E-state index is -0.296. The molecule has 0 saturated carbocycles. The fourth-order valence-electron chi connectivity index (χ4n) is 2.83. The van der Waals surface area contributed by atoms with Gasteiger partial charge in [-0.3, -0.25) is 10.1 Å².